The lowest BCUT2D eigenvalue weighted by atomic mass is 10.1. The number of para-hydroxylation sites is 1. The van der Waals surface area contributed by atoms with Crippen LogP contribution in [0, 0.1) is 0 Å². The average molecular weight is 357 g/mol. The number of carboxylic acids is 1. The molecule has 0 saturated carbocycles. The van der Waals surface area contributed by atoms with Crippen LogP contribution in [0.4, 0.5) is 0 Å². The van der Waals surface area contributed by atoms with Crippen molar-refractivity contribution in [2.45, 2.75) is 4.90 Å². The molecule has 0 radical (unpaired) electrons. The maximum Gasteiger partial charge on any atom is 0.344 e. The van der Waals surface area contributed by atoms with Gasteiger partial charge in [-0.1, -0.05) is 23.7 Å². The SMILES string of the molecule is O=C(O)c1cc(S(=O)(=O)O)ccc1C(=O)Oc1ccccc1Cl. The predicted octanol–water partition coefficient (Wildman–Crippen LogP) is 2.50. The molecule has 0 aromatic heterocycles. The highest BCUT2D eigenvalue weighted by molar-refractivity contribution is 7.85. The molecule has 0 aliphatic heterocycles. The lowest BCUT2D eigenvalue weighted by Gasteiger charge is -2.09. The summed E-state index contributed by atoms with van der Waals surface area (Å²) in [6, 6.07) is 8.56. The molecule has 0 fully saturated rings. The largest absolute Gasteiger partial charge is 0.478 e. The van der Waals surface area contributed by atoms with Gasteiger partial charge in [-0.15, -0.1) is 0 Å². The number of hydrogen-bond acceptors (Lipinski definition) is 5. The van der Waals surface area contributed by atoms with E-state index < -0.39 is 32.5 Å². The molecule has 0 aliphatic carbocycles. The smallest absolute Gasteiger partial charge is 0.344 e. The van der Waals surface area contributed by atoms with Gasteiger partial charge in [0.15, 0.2) is 0 Å². The highest BCUT2D eigenvalue weighted by Crippen LogP contribution is 2.25. The van der Waals surface area contributed by atoms with Crippen LogP contribution in [-0.2, 0) is 10.1 Å². The molecule has 0 unspecified atom stereocenters. The Balaban J connectivity index is 2.45. The number of carbonyl (C=O) groups excluding carboxylic acids is 1. The molecule has 120 valence electrons. The molecule has 2 aromatic carbocycles. The van der Waals surface area contributed by atoms with Gasteiger partial charge in [-0.2, -0.15) is 8.42 Å². The number of esters is 1. The number of ether oxygens (including phenoxy) is 1. The van der Waals surface area contributed by atoms with Gasteiger partial charge in [0.1, 0.15) is 5.75 Å². The summed E-state index contributed by atoms with van der Waals surface area (Å²) in [5.41, 5.74) is -1.01. The lowest BCUT2D eigenvalue weighted by Crippen LogP contribution is -2.15. The van der Waals surface area contributed by atoms with E-state index in [0.29, 0.717) is 6.07 Å². The van der Waals surface area contributed by atoms with Crippen molar-refractivity contribution >= 4 is 33.7 Å². The second kappa shape index (κ2) is 6.37. The van der Waals surface area contributed by atoms with Crippen LogP contribution in [0.3, 0.4) is 0 Å². The summed E-state index contributed by atoms with van der Waals surface area (Å²) in [6.07, 6.45) is 0. The van der Waals surface area contributed by atoms with Gasteiger partial charge in [0.05, 0.1) is 21.0 Å². The predicted molar refractivity (Wildman–Crippen MR) is 79.6 cm³/mol. The van der Waals surface area contributed by atoms with Crippen molar-refractivity contribution in [2.75, 3.05) is 0 Å². The van der Waals surface area contributed by atoms with Crippen molar-refractivity contribution in [1.29, 1.82) is 0 Å². The number of halogens is 1. The third-order valence-electron chi connectivity index (χ3n) is 2.78. The molecule has 23 heavy (non-hydrogen) atoms. The molecule has 0 aliphatic rings. The molecule has 0 bridgehead atoms. The topological polar surface area (TPSA) is 118 Å². The highest BCUT2D eigenvalue weighted by Gasteiger charge is 2.22. The zero-order valence-corrected chi connectivity index (χ0v) is 12.8. The van der Waals surface area contributed by atoms with Crippen molar-refractivity contribution in [2.24, 2.45) is 0 Å². The minimum Gasteiger partial charge on any atom is -0.478 e. The fourth-order valence-electron chi connectivity index (χ4n) is 1.72. The Morgan fingerprint density at radius 1 is 1.04 bits per heavy atom. The minimum absolute atomic E-state index is 0.0226. The Labute approximate surface area is 135 Å². The van der Waals surface area contributed by atoms with Gasteiger partial charge in [0.25, 0.3) is 10.1 Å². The van der Waals surface area contributed by atoms with E-state index in [-0.39, 0.29) is 16.3 Å². The molecule has 2 aromatic rings. The fraction of sp³-hybridized carbons (Fsp3) is 0. The third kappa shape index (κ3) is 3.86. The molecular weight excluding hydrogens is 348 g/mol. The maximum absolute atomic E-state index is 12.1. The quantitative estimate of drug-likeness (QED) is 0.490. The van der Waals surface area contributed by atoms with Crippen molar-refractivity contribution < 1.29 is 32.4 Å². The van der Waals surface area contributed by atoms with Crippen LogP contribution in [0.15, 0.2) is 47.4 Å². The maximum atomic E-state index is 12.1. The number of aromatic carboxylic acids is 1. The summed E-state index contributed by atoms with van der Waals surface area (Å²) >= 11 is 5.84. The summed E-state index contributed by atoms with van der Waals surface area (Å²) in [7, 11) is -4.60. The van der Waals surface area contributed by atoms with E-state index in [0.717, 1.165) is 12.1 Å². The van der Waals surface area contributed by atoms with E-state index in [9.17, 15) is 18.0 Å². The van der Waals surface area contributed by atoms with Crippen molar-refractivity contribution in [3.8, 4) is 5.75 Å². The van der Waals surface area contributed by atoms with Crippen LogP contribution in [0.25, 0.3) is 0 Å². The zero-order chi connectivity index (χ0) is 17.2. The van der Waals surface area contributed by atoms with Crippen LogP contribution in [0.1, 0.15) is 20.7 Å². The highest BCUT2D eigenvalue weighted by atomic mass is 35.5. The second-order valence-electron chi connectivity index (χ2n) is 4.31. The summed E-state index contributed by atoms with van der Waals surface area (Å²) in [4.78, 5) is 22.7. The van der Waals surface area contributed by atoms with E-state index >= 15 is 0 Å². The molecule has 0 atom stereocenters. The first-order valence-corrected chi connectivity index (χ1v) is 7.83. The zero-order valence-electron chi connectivity index (χ0n) is 11.3. The van der Waals surface area contributed by atoms with Crippen molar-refractivity contribution in [3.05, 3.63) is 58.6 Å². The van der Waals surface area contributed by atoms with Gasteiger partial charge in [-0.05, 0) is 30.3 Å². The molecule has 0 heterocycles. The first-order chi connectivity index (χ1) is 10.7. The monoisotopic (exact) mass is 356 g/mol. The standard InChI is InChI=1S/C14H9ClO7S/c15-11-3-1-2-4-12(11)22-14(18)9-6-5-8(23(19,20)21)7-10(9)13(16)17/h1-7H,(H,16,17)(H,19,20,21). The lowest BCUT2D eigenvalue weighted by molar-refractivity contribution is 0.0667. The van der Waals surface area contributed by atoms with E-state index in [1.165, 1.54) is 12.1 Å². The number of hydrogen-bond donors (Lipinski definition) is 2. The van der Waals surface area contributed by atoms with Crippen LogP contribution < -0.4 is 4.74 Å². The molecule has 9 heteroatoms. The van der Waals surface area contributed by atoms with E-state index in [4.69, 9.17) is 26.0 Å². The molecule has 0 spiro atoms. The van der Waals surface area contributed by atoms with Gasteiger partial charge < -0.3 is 9.84 Å². The van der Waals surface area contributed by atoms with E-state index in [1.54, 1.807) is 12.1 Å². The minimum atomic E-state index is -4.60. The number of rotatable bonds is 4. The van der Waals surface area contributed by atoms with Gasteiger partial charge in [-0.25, -0.2) is 9.59 Å². The Morgan fingerprint density at radius 2 is 1.70 bits per heavy atom. The van der Waals surface area contributed by atoms with Crippen molar-refractivity contribution in [1.82, 2.24) is 0 Å². The van der Waals surface area contributed by atoms with Crippen molar-refractivity contribution in [3.63, 3.8) is 0 Å². The summed E-state index contributed by atoms with van der Waals surface area (Å²) in [5, 5.41) is 9.26. The average Bonchev–Trinajstić information content (AvgIpc) is 2.48. The third-order valence-corrected chi connectivity index (χ3v) is 3.94. The van der Waals surface area contributed by atoms with Crippen LogP contribution >= 0.6 is 11.6 Å². The number of carbonyl (C=O) groups is 2. The Morgan fingerprint density at radius 3 is 2.26 bits per heavy atom. The van der Waals surface area contributed by atoms with Gasteiger partial charge in [0, 0.05) is 0 Å². The van der Waals surface area contributed by atoms with Crippen LogP contribution in [0.5, 0.6) is 5.75 Å². The molecule has 0 saturated heterocycles. The van der Waals surface area contributed by atoms with E-state index in [1.807, 2.05) is 0 Å². The summed E-state index contributed by atoms with van der Waals surface area (Å²) < 4.78 is 36.1. The van der Waals surface area contributed by atoms with Crippen LogP contribution in [-0.4, -0.2) is 30.0 Å². The number of benzene rings is 2. The first kappa shape index (κ1) is 16.9. The first-order valence-electron chi connectivity index (χ1n) is 6.01. The van der Waals surface area contributed by atoms with Gasteiger partial charge in [-0.3, -0.25) is 4.55 Å². The van der Waals surface area contributed by atoms with E-state index in [2.05, 4.69) is 0 Å². The van der Waals surface area contributed by atoms with Crippen LogP contribution in [0.2, 0.25) is 5.02 Å². The Hall–Kier alpha value is -2.42. The Bertz CT molecular complexity index is 890. The second-order valence-corrected chi connectivity index (χ2v) is 6.14. The molecule has 2 N–H and O–H groups in total. The summed E-state index contributed by atoms with van der Waals surface area (Å²) in [6.45, 7) is 0. The summed E-state index contributed by atoms with van der Waals surface area (Å²) in [5.74, 6) is -2.56. The van der Waals surface area contributed by atoms with Gasteiger partial charge in [0.2, 0.25) is 0 Å². The fourth-order valence-corrected chi connectivity index (χ4v) is 2.40. The molecule has 7 nitrogen and oxygen atoms in total. The normalized spacial score (nSPS) is 11.0. The molecule has 0 amide bonds. The molecule has 2 rings (SSSR count). The Kier molecular flexibility index (Phi) is 4.69. The molecular formula is C14H9ClO7S. The van der Waals surface area contributed by atoms with Gasteiger partial charge >= 0.3 is 11.9 Å². The number of carboxylic acid groups (broad SMARTS) is 1.